The van der Waals surface area contributed by atoms with Crippen LogP contribution >= 0.6 is 0 Å². The van der Waals surface area contributed by atoms with Crippen molar-refractivity contribution in [2.75, 3.05) is 30.4 Å². The Morgan fingerprint density at radius 1 is 1.12 bits per heavy atom. The van der Waals surface area contributed by atoms with Crippen LogP contribution in [0.25, 0.3) is 17.2 Å². The highest BCUT2D eigenvalue weighted by molar-refractivity contribution is 5.93. The molecule has 4 aromatic rings. The first-order chi connectivity index (χ1) is 16.1. The van der Waals surface area contributed by atoms with Gasteiger partial charge in [0.15, 0.2) is 11.4 Å². The van der Waals surface area contributed by atoms with E-state index in [4.69, 9.17) is 10.2 Å². The molecule has 2 aliphatic rings. The third kappa shape index (κ3) is 3.21. The molecule has 2 aliphatic heterocycles. The second-order valence-electron chi connectivity index (χ2n) is 8.53. The SMILES string of the molecule is Nc1ncc(CN2CCC3(CC2)C(=O)NCN3c2ccccc2)c2nc(-c3ccco3)nn12. The predicted octanol–water partition coefficient (Wildman–Crippen LogP) is 1.90. The summed E-state index contributed by atoms with van der Waals surface area (Å²) in [4.78, 5) is 26.4. The molecule has 2 saturated heterocycles. The summed E-state index contributed by atoms with van der Waals surface area (Å²) in [5.74, 6) is 1.44. The summed E-state index contributed by atoms with van der Waals surface area (Å²) in [7, 11) is 0. The Morgan fingerprint density at radius 3 is 2.70 bits per heavy atom. The molecule has 0 atom stereocenters. The molecule has 168 valence electrons. The maximum absolute atomic E-state index is 12.9. The highest BCUT2D eigenvalue weighted by Crippen LogP contribution is 2.36. The van der Waals surface area contributed by atoms with Crippen LogP contribution in [0.1, 0.15) is 18.4 Å². The molecule has 6 rings (SSSR count). The van der Waals surface area contributed by atoms with E-state index in [-0.39, 0.29) is 11.9 Å². The van der Waals surface area contributed by atoms with Gasteiger partial charge in [0.05, 0.1) is 12.9 Å². The topological polar surface area (TPSA) is 118 Å². The molecule has 1 spiro atoms. The van der Waals surface area contributed by atoms with E-state index in [1.54, 1.807) is 23.0 Å². The van der Waals surface area contributed by atoms with Crippen molar-refractivity contribution in [3.8, 4) is 11.6 Å². The van der Waals surface area contributed by atoms with Crippen molar-refractivity contribution in [2.45, 2.75) is 24.9 Å². The summed E-state index contributed by atoms with van der Waals surface area (Å²) < 4.78 is 6.99. The monoisotopic (exact) mass is 444 g/mol. The first kappa shape index (κ1) is 19.7. The number of amides is 1. The van der Waals surface area contributed by atoms with E-state index in [0.29, 0.717) is 30.4 Å². The number of hydrogen-bond donors (Lipinski definition) is 2. The summed E-state index contributed by atoms with van der Waals surface area (Å²) in [6, 6.07) is 13.7. The van der Waals surface area contributed by atoms with Crippen LogP contribution in [0.15, 0.2) is 59.3 Å². The number of para-hydroxylation sites is 1. The Bertz CT molecular complexity index is 1290. The van der Waals surface area contributed by atoms with Gasteiger partial charge in [0.2, 0.25) is 17.7 Å². The summed E-state index contributed by atoms with van der Waals surface area (Å²) in [5, 5.41) is 7.52. The number of hydrogen-bond acceptors (Lipinski definition) is 8. The number of aromatic nitrogens is 4. The van der Waals surface area contributed by atoms with Crippen molar-refractivity contribution in [1.82, 2.24) is 29.8 Å². The average molecular weight is 444 g/mol. The molecule has 1 aromatic carbocycles. The zero-order chi connectivity index (χ0) is 22.4. The Hall–Kier alpha value is -3.92. The van der Waals surface area contributed by atoms with Crippen molar-refractivity contribution < 1.29 is 9.21 Å². The molecule has 1 amide bonds. The first-order valence-electron chi connectivity index (χ1n) is 11.0. The number of nitrogens with one attached hydrogen (secondary N) is 1. The Labute approximate surface area is 190 Å². The summed E-state index contributed by atoms with van der Waals surface area (Å²) in [6.45, 7) is 2.76. The number of anilines is 2. The van der Waals surface area contributed by atoms with Crippen molar-refractivity contribution in [3.63, 3.8) is 0 Å². The van der Waals surface area contributed by atoms with Gasteiger partial charge in [-0.15, -0.1) is 5.10 Å². The number of nitrogens with zero attached hydrogens (tertiary/aromatic N) is 6. The molecule has 2 fully saturated rings. The number of piperidine rings is 1. The predicted molar refractivity (Wildman–Crippen MR) is 122 cm³/mol. The lowest BCUT2D eigenvalue weighted by Crippen LogP contribution is -2.56. The van der Waals surface area contributed by atoms with Crippen LogP contribution in [-0.2, 0) is 11.3 Å². The minimum atomic E-state index is -0.506. The smallest absolute Gasteiger partial charge is 0.247 e. The highest BCUT2D eigenvalue weighted by Gasteiger charge is 2.50. The van der Waals surface area contributed by atoms with E-state index in [1.165, 1.54) is 0 Å². The number of likely N-dealkylation sites (tertiary alicyclic amines) is 1. The lowest BCUT2D eigenvalue weighted by atomic mass is 9.85. The van der Waals surface area contributed by atoms with Crippen LogP contribution in [0.2, 0.25) is 0 Å². The Balaban J connectivity index is 1.23. The minimum absolute atomic E-state index is 0.114. The molecule has 3 N–H and O–H groups in total. The van der Waals surface area contributed by atoms with Crippen molar-refractivity contribution in [2.24, 2.45) is 0 Å². The second kappa shape index (κ2) is 7.59. The third-order valence-corrected chi connectivity index (χ3v) is 6.69. The van der Waals surface area contributed by atoms with Crippen LogP contribution < -0.4 is 16.0 Å². The van der Waals surface area contributed by atoms with Gasteiger partial charge in [-0.3, -0.25) is 9.69 Å². The molecule has 0 aliphatic carbocycles. The van der Waals surface area contributed by atoms with Crippen LogP contribution in [0.5, 0.6) is 0 Å². The van der Waals surface area contributed by atoms with E-state index >= 15 is 0 Å². The second-order valence-corrected chi connectivity index (χ2v) is 8.53. The largest absolute Gasteiger partial charge is 0.461 e. The van der Waals surface area contributed by atoms with E-state index in [2.05, 4.69) is 42.3 Å². The fourth-order valence-corrected chi connectivity index (χ4v) is 4.91. The number of furan rings is 1. The van der Waals surface area contributed by atoms with Crippen molar-refractivity contribution in [3.05, 3.63) is 60.5 Å². The van der Waals surface area contributed by atoms with E-state index in [0.717, 1.165) is 37.2 Å². The molecule has 0 bridgehead atoms. The van der Waals surface area contributed by atoms with Gasteiger partial charge in [0, 0.05) is 37.1 Å². The zero-order valence-corrected chi connectivity index (χ0v) is 18.0. The van der Waals surface area contributed by atoms with E-state index < -0.39 is 5.54 Å². The molecular formula is C23H24N8O2. The molecule has 33 heavy (non-hydrogen) atoms. The molecule has 0 saturated carbocycles. The van der Waals surface area contributed by atoms with Crippen molar-refractivity contribution in [1.29, 1.82) is 0 Å². The summed E-state index contributed by atoms with van der Waals surface area (Å²) in [5.41, 5.74) is 8.21. The van der Waals surface area contributed by atoms with Gasteiger partial charge < -0.3 is 20.4 Å². The summed E-state index contributed by atoms with van der Waals surface area (Å²) >= 11 is 0. The molecule has 10 nitrogen and oxygen atoms in total. The lowest BCUT2D eigenvalue weighted by Gasteiger charge is -2.43. The number of nitrogens with two attached hydrogens (primary N) is 1. The van der Waals surface area contributed by atoms with Gasteiger partial charge in [-0.25, -0.2) is 9.97 Å². The fraction of sp³-hybridized carbons (Fsp3) is 0.304. The third-order valence-electron chi connectivity index (χ3n) is 6.69. The average Bonchev–Trinajstić information content (AvgIpc) is 3.58. The fourth-order valence-electron chi connectivity index (χ4n) is 4.91. The van der Waals surface area contributed by atoms with E-state index in [9.17, 15) is 4.79 Å². The van der Waals surface area contributed by atoms with Crippen molar-refractivity contribution >= 4 is 23.2 Å². The van der Waals surface area contributed by atoms with Crippen LogP contribution in [0.3, 0.4) is 0 Å². The van der Waals surface area contributed by atoms with E-state index in [1.807, 2.05) is 24.3 Å². The maximum atomic E-state index is 12.9. The Morgan fingerprint density at radius 2 is 1.94 bits per heavy atom. The van der Waals surface area contributed by atoms with Gasteiger partial charge in [-0.05, 0) is 37.1 Å². The molecular weight excluding hydrogens is 420 g/mol. The lowest BCUT2D eigenvalue weighted by molar-refractivity contribution is -0.125. The van der Waals surface area contributed by atoms with Gasteiger partial charge >= 0.3 is 0 Å². The molecule has 5 heterocycles. The maximum Gasteiger partial charge on any atom is 0.247 e. The highest BCUT2D eigenvalue weighted by atomic mass is 16.3. The number of carbonyl (C=O) groups excluding carboxylic acids is 1. The normalized spacial score (nSPS) is 18.3. The number of nitrogen functional groups attached to an aromatic ring is 1. The molecule has 0 unspecified atom stereocenters. The van der Waals surface area contributed by atoms with Gasteiger partial charge in [-0.2, -0.15) is 4.52 Å². The zero-order valence-electron chi connectivity index (χ0n) is 18.0. The minimum Gasteiger partial charge on any atom is -0.461 e. The van der Waals surface area contributed by atoms with Gasteiger partial charge in [-0.1, -0.05) is 18.2 Å². The van der Waals surface area contributed by atoms with Crippen LogP contribution in [0, 0.1) is 0 Å². The van der Waals surface area contributed by atoms with Crippen LogP contribution in [-0.4, -0.2) is 55.7 Å². The molecule has 10 heteroatoms. The van der Waals surface area contributed by atoms with Gasteiger partial charge in [0.25, 0.3) is 0 Å². The number of carbonyl (C=O) groups is 1. The number of rotatable bonds is 4. The van der Waals surface area contributed by atoms with Gasteiger partial charge in [0.1, 0.15) is 5.54 Å². The number of fused-ring (bicyclic) bond motifs is 1. The number of benzene rings is 1. The molecule has 0 radical (unpaired) electrons. The Kier molecular flexibility index (Phi) is 4.54. The quantitative estimate of drug-likeness (QED) is 0.490. The first-order valence-corrected chi connectivity index (χ1v) is 11.0. The summed E-state index contributed by atoms with van der Waals surface area (Å²) in [6.07, 6.45) is 4.84. The molecule has 3 aromatic heterocycles. The standard InChI is InChI=1S/C23H24N8O2/c24-22-25-13-16(20-27-19(28-31(20)22)18-7-4-12-33-18)14-29-10-8-23(9-11-29)21(32)26-15-30(23)17-5-2-1-3-6-17/h1-7,12-13H,8-11,14-15H2,(H2,24,25)(H,26,32). The van der Waals surface area contributed by atoms with Crippen LogP contribution in [0.4, 0.5) is 11.6 Å².